The molecule has 0 radical (unpaired) electrons. The second-order valence-electron chi connectivity index (χ2n) is 5.54. The molecule has 0 bridgehead atoms. The number of hydrogen-bond acceptors (Lipinski definition) is 5. The number of halogens is 1. The molecule has 0 aromatic heterocycles. The molecule has 0 aliphatic carbocycles. The van der Waals surface area contributed by atoms with Gasteiger partial charge in [-0.15, -0.1) is 0 Å². The minimum absolute atomic E-state index is 0.0577. The third-order valence-corrected chi connectivity index (χ3v) is 5.03. The molecular formula is C17H17FN2O5S. The van der Waals surface area contributed by atoms with Crippen LogP contribution in [0.4, 0.5) is 10.1 Å². The molecule has 138 valence electrons. The number of aryl methyl sites for hydroxylation is 1. The molecule has 2 rings (SSSR count). The van der Waals surface area contributed by atoms with E-state index in [1.54, 1.807) is 0 Å². The third-order valence-electron chi connectivity index (χ3n) is 3.48. The van der Waals surface area contributed by atoms with Gasteiger partial charge in [-0.05, 0) is 61.9 Å². The molecule has 7 nitrogen and oxygen atoms in total. The van der Waals surface area contributed by atoms with Gasteiger partial charge in [0, 0.05) is 5.69 Å². The zero-order valence-electron chi connectivity index (χ0n) is 14.0. The summed E-state index contributed by atoms with van der Waals surface area (Å²) >= 11 is 0. The first-order valence-electron chi connectivity index (χ1n) is 7.49. The zero-order chi connectivity index (χ0) is 19.5. The van der Waals surface area contributed by atoms with E-state index in [4.69, 9.17) is 10.5 Å². The van der Waals surface area contributed by atoms with Gasteiger partial charge in [-0.25, -0.2) is 17.6 Å². The summed E-state index contributed by atoms with van der Waals surface area (Å²) in [6.07, 6.45) is -1.08. The predicted molar refractivity (Wildman–Crippen MR) is 92.5 cm³/mol. The number of nitrogens with one attached hydrogen (secondary N) is 1. The first kappa shape index (κ1) is 19.4. The third kappa shape index (κ3) is 4.57. The number of carbonyl (C=O) groups is 2. The van der Waals surface area contributed by atoms with Gasteiger partial charge in [-0.2, -0.15) is 0 Å². The summed E-state index contributed by atoms with van der Waals surface area (Å²) in [5.41, 5.74) is 5.60. The molecule has 0 fully saturated rings. The highest BCUT2D eigenvalue weighted by atomic mass is 32.2. The van der Waals surface area contributed by atoms with E-state index in [1.165, 1.54) is 44.2 Å². The van der Waals surface area contributed by atoms with Gasteiger partial charge in [0.15, 0.2) is 6.10 Å². The Bertz CT molecular complexity index is 942. The Morgan fingerprint density at radius 3 is 2.31 bits per heavy atom. The Morgan fingerprint density at radius 2 is 1.77 bits per heavy atom. The monoisotopic (exact) mass is 380 g/mol. The molecule has 2 aromatic rings. The van der Waals surface area contributed by atoms with Crippen molar-refractivity contribution in [1.82, 2.24) is 0 Å². The van der Waals surface area contributed by atoms with Gasteiger partial charge in [0.2, 0.25) is 0 Å². The van der Waals surface area contributed by atoms with Crippen molar-refractivity contribution >= 4 is 27.6 Å². The molecule has 26 heavy (non-hydrogen) atoms. The second-order valence-corrected chi connectivity index (χ2v) is 7.19. The average Bonchev–Trinajstić information content (AvgIpc) is 2.54. The largest absolute Gasteiger partial charge is 0.449 e. The fourth-order valence-electron chi connectivity index (χ4n) is 2.09. The average molecular weight is 380 g/mol. The van der Waals surface area contributed by atoms with E-state index in [2.05, 4.69) is 4.72 Å². The molecule has 3 N–H and O–H groups in total. The molecule has 1 atom stereocenters. The quantitative estimate of drug-likeness (QED) is 0.744. The summed E-state index contributed by atoms with van der Waals surface area (Å²) in [6.45, 7) is 2.82. The van der Waals surface area contributed by atoms with Crippen LogP contribution in [0, 0.1) is 12.7 Å². The Labute approximate surface area is 150 Å². The number of carbonyl (C=O) groups excluding carboxylic acids is 2. The Kier molecular flexibility index (Phi) is 5.61. The number of esters is 1. The smallest absolute Gasteiger partial charge is 0.338 e. The van der Waals surface area contributed by atoms with Gasteiger partial charge >= 0.3 is 5.97 Å². The zero-order valence-corrected chi connectivity index (χ0v) is 14.8. The van der Waals surface area contributed by atoms with Gasteiger partial charge in [0.05, 0.1) is 10.5 Å². The normalized spacial score (nSPS) is 12.3. The molecule has 2 aromatic carbocycles. The lowest BCUT2D eigenvalue weighted by molar-refractivity contribution is -0.125. The Balaban J connectivity index is 2.16. The molecule has 9 heteroatoms. The van der Waals surface area contributed by atoms with E-state index in [0.29, 0.717) is 0 Å². The lowest BCUT2D eigenvalue weighted by Crippen LogP contribution is -2.30. The highest BCUT2D eigenvalue weighted by molar-refractivity contribution is 7.92. The lowest BCUT2D eigenvalue weighted by atomic mass is 10.2. The van der Waals surface area contributed by atoms with Gasteiger partial charge in [0.25, 0.3) is 15.9 Å². The Morgan fingerprint density at radius 1 is 1.15 bits per heavy atom. The molecule has 0 spiro atoms. The highest BCUT2D eigenvalue weighted by Crippen LogP contribution is 2.20. The molecule has 1 unspecified atom stereocenters. The standard InChI is InChI=1S/C17H17FN2O5S/c1-10-9-13(18)5-8-15(10)26(23,24)20-14-6-3-12(4-7-14)17(22)25-11(2)16(19)21/h3-9,11,20H,1-2H3,(H2,19,21). The minimum atomic E-state index is -3.92. The van der Waals surface area contributed by atoms with Crippen molar-refractivity contribution in [2.75, 3.05) is 4.72 Å². The van der Waals surface area contributed by atoms with Crippen molar-refractivity contribution in [1.29, 1.82) is 0 Å². The van der Waals surface area contributed by atoms with Crippen molar-refractivity contribution in [2.24, 2.45) is 5.73 Å². The summed E-state index contributed by atoms with van der Waals surface area (Å²) in [5, 5.41) is 0. The van der Waals surface area contributed by atoms with Crippen LogP contribution in [0.3, 0.4) is 0 Å². The van der Waals surface area contributed by atoms with Crippen LogP contribution >= 0.6 is 0 Å². The molecule has 0 saturated carbocycles. The molecule has 0 aliphatic heterocycles. The minimum Gasteiger partial charge on any atom is -0.449 e. The summed E-state index contributed by atoms with van der Waals surface area (Å²) in [6, 6.07) is 8.75. The number of sulfonamides is 1. The van der Waals surface area contributed by atoms with Crippen LogP contribution in [0.1, 0.15) is 22.8 Å². The first-order chi connectivity index (χ1) is 12.1. The summed E-state index contributed by atoms with van der Waals surface area (Å²) in [7, 11) is -3.92. The number of benzene rings is 2. The molecule has 0 aliphatic rings. The summed E-state index contributed by atoms with van der Waals surface area (Å²) in [5.74, 6) is -2.08. The van der Waals surface area contributed by atoms with Crippen LogP contribution in [0.25, 0.3) is 0 Å². The molecular weight excluding hydrogens is 363 g/mol. The topological polar surface area (TPSA) is 116 Å². The van der Waals surface area contributed by atoms with Crippen molar-refractivity contribution < 1.29 is 27.1 Å². The van der Waals surface area contributed by atoms with Crippen LogP contribution in [-0.4, -0.2) is 26.4 Å². The second kappa shape index (κ2) is 7.52. The number of anilines is 1. The fraction of sp³-hybridized carbons (Fsp3) is 0.176. The van der Waals surface area contributed by atoms with Crippen molar-refractivity contribution in [3.05, 3.63) is 59.4 Å². The molecule has 0 heterocycles. The molecule has 1 amide bonds. The van der Waals surface area contributed by atoms with Crippen LogP contribution in [-0.2, 0) is 19.6 Å². The van der Waals surface area contributed by atoms with Gasteiger partial charge in [-0.3, -0.25) is 9.52 Å². The van der Waals surface area contributed by atoms with Crippen molar-refractivity contribution in [3.63, 3.8) is 0 Å². The molecule has 0 saturated heterocycles. The van der Waals surface area contributed by atoms with Crippen LogP contribution in [0.15, 0.2) is 47.4 Å². The van der Waals surface area contributed by atoms with E-state index in [0.717, 1.165) is 12.1 Å². The number of amides is 1. The maximum absolute atomic E-state index is 13.1. The van der Waals surface area contributed by atoms with Gasteiger partial charge < -0.3 is 10.5 Å². The van der Waals surface area contributed by atoms with Gasteiger partial charge in [0.1, 0.15) is 5.82 Å². The highest BCUT2D eigenvalue weighted by Gasteiger charge is 2.19. The summed E-state index contributed by atoms with van der Waals surface area (Å²) in [4.78, 5) is 22.7. The number of primary amides is 1. The number of nitrogens with two attached hydrogens (primary N) is 1. The Hall–Kier alpha value is -2.94. The van der Waals surface area contributed by atoms with Crippen LogP contribution in [0.5, 0.6) is 0 Å². The van der Waals surface area contributed by atoms with E-state index in [9.17, 15) is 22.4 Å². The maximum atomic E-state index is 13.1. The maximum Gasteiger partial charge on any atom is 0.338 e. The van der Waals surface area contributed by atoms with Gasteiger partial charge in [-0.1, -0.05) is 0 Å². The van der Waals surface area contributed by atoms with Crippen LogP contribution in [0.2, 0.25) is 0 Å². The predicted octanol–water partition coefficient (Wildman–Crippen LogP) is 1.97. The number of hydrogen-bond donors (Lipinski definition) is 2. The van der Waals surface area contributed by atoms with E-state index in [1.807, 2.05) is 0 Å². The number of ether oxygens (including phenoxy) is 1. The van der Waals surface area contributed by atoms with Crippen LogP contribution < -0.4 is 10.5 Å². The number of rotatable bonds is 6. The van der Waals surface area contributed by atoms with Crippen molar-refractivity contribution in [2.45, 2.75) is 24.8 Å². The SMILES string of the molecule is Cc1cc(F)ccc1S(=O)(=O)Nc1ccc(C(=O)OC(C)C(N)=O)cc1. The van der Waals surface area contributed by atoms with E-state index in [-0.39, 0.29) is 21.7 Å². The summed E-state index contributed by atoms with van der Waals surface area (Å²) < 4.78 is 45.1. The first-order valence-corrected chi connectivity index (χ1v) is 8.98. The van der Waals surface area contributed by atoms with Crippen molar-refractivity contribution in [3.8, 4) is 0 Å². The lowest BCUT2D eigenvalue weighted by Gasteiger charge is -2.12. The van der Waals surface area contributed by atoms with E-state index >= 15 is 0 Å². The van der Waals surface area contributed by atoms with E-state index < -0.39 is 33.8 Å². The fourth-order valence-corrected chi connectivity index (χ4v) is 3.37.